The van der Waals surface area contributed by atoms with Gasteiger partial charge in [-0.2, -0.15) is 0 Å². The van der Waals surface area contributed by atoms with Crippen LogP contribution in [0.3, 0.4) is 0 Å². The number of thiazole rings is 1. The normalized spacial score (nSPS) is 17.3. The molecule has 0 atom stereocenters. The van der Waals surface area contributed by atoms with Crippen LogP contribution in [-0.4, -0.2) is 41.1 Å². The van der Waals surface area contributed by atoms with Crippen molar-refractivity contribution in [2.24, 2.45) is 0 Å². The van der Waals surface area contributed by atoms with Gasteiger partial charge in [0, 0.05) is 31.6 Å². The zero-order valence-electron chi connectivity index (χ0n) is 17.9. The van der Waals surface area contributed by atoms with E-state index in [9.17, 15) is 14.0 Å². The number of rotatable bonds is 3. The highest BCUT2D eigenvalue weighted by Gasteiger charge is 2.36. The number of fused-ring (bicyclic) bond motifs is 2. The summed E-state index contributed by atoms with van der Waals surface area (Å²) in [5.74, 6) is -0.422. The minimum absolute atomic E-state index is 0.0760. The van der Waals surface area contributed by atoms with E-state index in [1.54, 1.807) is 34.2 Å². The van der Waals surface area contributed by atoms with Gasteiger partial charge in [-0.1, -0.05) is 0 Å². The number of hydrogen-bond donors (Lipinski definition) is 0. The van der Waals surface area contributed by atoms with Crippen molar-refractivity contribution in [3.05, 3.63) is 52.8 Å². The Kier molecular flexibility index (Phi) is 5.30. The lowest BCUT2D eigenvalue weighted by molar-refractivity contribution is -0.119. The fourth-order valence-electron chi connectivity index (χ4n) is 4.58. The van der Waals surface area contributed by atoms with E-state index in [1.165, 1.54) is 12.1 Å². The van der Waals surface area contributed by atoms with Crippen molar-refractivity contribution in [2.45, 2.75) is 39.3 Å². The van der Waals surface area contributed by atoms with Crippen molar-refractivity contribution in [1.82, 2.24) is 9.99 Å². The van der Waals surface area contributed by atoms with Crippen LogP contribution in [0.2, 0.25) is 0 Å². The number of hydrogen-bond acceptors (Lipinski definition) is 6. The summed E-state index contributed by atoms with van der Waals surface area (Å²) in [5.41, 5.74) is 3.04. The summed E-state index contributed by atoms with van der Waals surface area (Å²) >= 11 is 1.63. The standard InChI is InChI=1S/C23H23FN4O3S/c1-14-25-20-12-19(4-6-22(20)32-14)28(15(2)29)26-9-7-18(8-10-26)27-21-5-3-17(24)11-16(21)13-31-23(27)30/h3-6,11-12,18H,7-10,13H2,1-2H3. The van der Waals surface area contributed by atoms with Gasteiger partial charge in [-0.3, -0.25) is 9.69 Å². The van der Waals surface area contributed by atoms with Gasteiger partial charge in [-0.05, 0) is 56.2 Å². The minimum atomic E-state index is -0.407. The molecule has 32 heavy (non-hydrogen) atoms. The topological polar surface area (TPSA) is 66.0 Å². The van der Waals surface area contributed by atoms with E-state index in [2.05, 4.69) is 4.98 Å². The number of nitrogens with zero attached hydrogens (tertiary/aromatic N) is 4. The Hall–Kier alpha value is -3.04. The van der Waals surface area contributed by atoms with Crippen LogP contribution in [0.15, 0.2) is 36.4 Å². The Bertz CT molecular complexity index is 1210. The molecule has 3 heterocycles. The first kappa shape index (κ1) is 20.8. The first-order valence-electron chi connectivity index (χ1n) is 10.6. The lowest BCUT2D eigenvalue weighted by Gasteiger charge is -2.43. The van der Waals surface area contributed by atoms with Gasteiger partial charge >= 0.3 is 6.09 Å². The number of ether oxygens (including phenoxy) is 1. The van der Waals surface area contributed by atoms with Crippen molar-refractivity contribution in [3.8, 4) is 0 Å². The molecular formula is C23H23FN4O3S. The molecule has 9 heteroatoms. The maximum absolute atomic E-state index is 13.6. The van der Waals surface area contributed by atoms with Crippen molar-refractivity contribution >= 4 is 44.9 Å². The third-order valence-electron chi connectivity index (χ3n) is 5.96. The molecule has 0 spiro atoms. The molecule has 5 rings (SSSR count). The molecule has 3 aromatic rings. The van der Waals surface area contributed by atoms with Crippen LogP contribution in [-0.2, 0) is 16.1 Å². The summed E-state index contributed by atoms with van der Waals surface area (Å²) in [7, 11) is 0. The van der Waals surface area contributed by atoms with Crippen LogP contribution in [0.1, 0.15) is 30.3 Å². The Balaban J connectivity index is 1.36. The van der Waals surface area contributed by atoms with Gasteiger partial charge in [-0.25, -0.2) is 24.2 Å². The van der Waals surface area contributed by atoms with E-state index in [0.29, 0.717) is 37.2 Å². The van der Waals surface area contributed by atoms with Crippen LogP contribution in [0.25, 0.3) is 10.2 Å². The second kappa shape index (κ2) is 8.14. The average molecular weight is 455 g/mol. The first-order valence-corrected chi connectivity index (χ1v) is 11.4. The van der Waals surface area contributed by atoms with E-state index in [-0.39, 0.29) is 24.4 Å². The Morgan fingerprint density at radius 3 is 2.75 bits per heavy atom. The summed E-state index contributed by atoms with van der Waals surface area (Å²) < 4.78 is 20.0. The molecule has 1 fully saturated rings. The van der Waals surface area contributed by atoms with Crippen molar-refractivity contribution in [2.75, 3.05) is 23.0 Å². The molecule has 2 aliphatic rings. The van der Waals surface area contributed by atoms with Gasteiger partial charge < -0.3 is 4.74 Å². The smallest absolute Gasteiger partial charge is 0.414 e. The molecule has 0 N–H and O–H groups in total. The Morgan fingerprint density at radius 1 is 1.22 bits per heavy atom. The van der Waals surface area contributed by atoms with Gasteiger partial charge in [0.1, 0.15) is 12.4 Å². The molecule has 1 aromatic heterocycles. The molecule has 7 nitrogen and oxygen atoms in total. The quantitative estimate of drug-likeness (QED) is 0.577. The zero-order valence-corrected chi connectivity index (χ0v) is 18.7. The molecule has 0 aliphatic carbocycles. The number of aromatic nitrogens is 1. The maximum Gasteiger partial charge on any atom is 0.414 e. The van der Waals surface area contributed by atoms with Gasteiger partial charge in [0.05, 0.1) is 26.6 Å². The highest BCUT2D eigenvalue weighted by Crippen LogP contribution is 2.34. The van der Waals surface area contributed by atoms with E-state index >= 15 is 0 Å². The van der Waals surface area contributed by atoms with Crippen LogP contribution in [0, 0.1) is 12.7 Å². The number of piperidine rings is 1. The van der Waals surface area contributed by atoms with E-state index in [4.69, 9.17) is 4.74 Å². The molecule has 0 radical (unpaired) electrons. The maximum atomic E-state index is 13.6. The van der Waals surface area contributed by atoms with Crippen LogP contribution >= 0.6 is 11.3 Å². The van der Waals surface area contributed by atoms with Gasteiger partial charge in [0.2, 0.25) is 5.91 Å². The predicted molar refractivity (Wildman–Crippen MR) is 121 cm³/mol. The molecule has 2 aromatic carbocycles. The molecule has 166 valence electrons. The minimum Gasteiger partial charge on any atom is -0.444 e. The van der Waals surface area contributed by atoms with Gasteiger partial charge in [-0.15, -0.1) is 11.3 Å². The number of halogens is 1. The number of carbonyl (C=O) groups excluding carboxylic acids is 2. The number of cyclic esters (lactones) is 1. The largest absolute Gasteiger partial charge is 0.444 e. The summed E-state index contributed by atoms with van der Waals surface area (Å²) in [6.45, 7) is 4.79. The van der Waals surface area contributed by atoms with Crippen LogP contribution < -0.4 is 9.91 Å². The predicted octanol–water partition coefficient (Wildman–Crippen LogP) is 4.63. The molecule has 0 saturated carbocycles. The van der Waals surface area contributed by atoms with Crippen molar-refractivity contribution in [3.63, 3.8) is 0 Å². The monoisotopic (exact) mass is 454 g/mol. The average Bonchev–Trinajstić information content (AvgIpc) is 3.14. The summed E-state index contributed by atoms with van der Waals surface area (Å²) in [4.78, 5) is 31.3. The fraction of sp³-hybridized carbons (Fsp3) is 0.348. The highest BCUT2D eigenvalue weighted by molar-refractivity contribution is 7.18. The second-order valence-electron chi connectivity index (χ2n) is 8.10. The molecule has 2 aliphatic heterocycles. The van der Waals surface area contributed by atoms with Crippen LogP contribution in [0.4, 0.5) is 20.6 Å². The fourth-order valence-corrected chi connectivity index (χ4v) is 5.38. The third-order valence-corrected chi connectivity index (χ3v) is 6.91. The zero-order chi connectivity index (χ0) is 22.4. The Labute approximate surface area is 189 Å². The molecule has 0 unspecified atom stereocenters. The first-order chi connectivity index (χ1) is 15.4. The van der Waals surface area contributed by atoms with E-state index in [0.717, 1.165) is 20.9 Å². The van der Waals surface area contributed by atoms with Gasteiger partial charge in [0.15, 0.2) is 0 Å². The van der Waals surface area contributed by atoms with Crippen molar-refractivity contribution < 1.29 is 18.7 Å². The molecular weight excluding hydrogens is 431 g/mol. The number of amides is 2. The second-order valence-corrected chi connectivity index (χ2v) is 9.33. The highest BCUT2D eigenvalue weighted by atomic mass is 32.1. The summed E-state index contributed by atoms with van der Waals surface area (Å²) in [6, 6.07) is 10.2. The lowest BCUT2D eigenvalue weighted by Crippen LogP contribution is -2.55. The van der Waals surface area contributed by atoms with Gasteiger partial charge in [0.25, 0.3) is 0 Å². The van der Waals surface area contributed by atoms with E-state index < -0.39 is 6.09 Å². The number of anilines is 2. The molecule has 0 bridgehead atoms. The third kappa shape index (κ3) is 3.71. The molecule has 2 amide bonds. The Morgan fingerprint density at radius 2 is 2.00 bits per heavy atom. The SMILES string of the molecule is CC(=O)N(c1ccc2sc(C)nc2c1)N1CCC(N2C(=O)OCc3cc(F)ccc32)CC1. The molecule has 1 saturated heterocycles. The van der Waals surface area contributed by atoms with Crippen LogP contribution in [0.5, 0.6) is 0 Å². The van der Waals surface area contributed by atoms with Crippen molar-refractivity contribution in [1.29, 1.82) is 0 Å². The summed E-state index contributed by atoms with van der Waals surface area (Å²) in [5, 5.41) is 4.70. The number of hydrazine groups is 1. The lowest BCUT2D eigenvalue weighted by atomic mass is 10.0. The number of benzene rings is 2. The number of aryl methyl sites for hydroxylation is 1. The summed E-state index contributed by atoms with van der Waals surface area (Å²) in [6.07, 6.45) is 0.914. The van der Waals surface area contributed by atoms with E-state index in [1.807, 2.05) is 30.1 Å². The number of carbonyl (C=O) groups is 2.